The van der Waals surface area contributed by atoms with Crippen molar-refractivity contribution in [3.05, 3.63) is 11.8 Å². The fraction of sp³-hybridized carbons (Fsp3) is 0.636. The Bertz CT molecular complexity index is 422. The molecule has 1 aromatic heterocycles. The van der Waals surface area contributed by atoms with Gasteiger partial charge >= 0.3 is 5.97 Å². The summed E-state index contributed by atoms with van der Waals surface area (Å²) in [5, 5.41) is 16.6. The molecule has 2 aliphatic rings. The molecule has 6 heteroatoms. The number of rotatable bonds is 2. The van der Waals surface area contributed by atoms with Crippen LogP contribution in [0.1, 0.15) is 31.0 Å². The van der Waals surface area contributed by atoms with Gasteiger partial charge in [0.25, 0.3) is 0 Å². The fourth-order valence-corrected chi connectivity index (χ4v) is 2.47. The van der Waals surface area contributed by atoms with Gasteiger partial charge in [-0.05, 0) is 19.3 Å². The summed E-state index contributed by atoms with van der Waals surface area (Å²) < 4.78 is 7.24. The highest BCUT2D eigenvalue weighted by Crippen LogP contribution is 2.28. The number of fused-ring (bicyclic) bond motifs is 1. The molecule has 1 saturated heterocycles. The molecule has 0 radical (unpaired) electrons. The number of nitrogens with zero attached hydrogens (tertiary/aromatic N) is 2. The molecule has 6 nitrogen and oxygen atoms in total. The van der Waals surface area contributed by atoms with Crippen LogP contribution in [0.25, 0.3) is 0 Å². The Morgan fingerprint density at radius 3 is 3.24 bits per heavy atom. The van der Waals surface area contributed by atoms with E-state index in [4.69, 9.17) is 9.84 Å². The van der Waals surface area contributed by atoms with E-state index in [2.05, 4.69) is 10.4 Å². The Kier molecular flexibility index (Phi) is 2.51. The number of hydrogen-bond acceptors (Lipinski definition) is 4. The lowest BCUT2D eigenvalue weighted by Gasteiger charge is -2.27. The monoisotopic (exact) mass is 237 g/mol. The number of nitrogens with one attached hydrogen (secondary N) is 1. The van der Waals surface area contributed by atoms with Crippen LogP contribution in [0.15, 0.2) is 6.07 Å². The van der Waals surface area contributed by atoms with E-state index < -0.39 is 12.0 Å². The molecule has 1 fully saturated rings. The van der Waals surface area contributed by atoms with Crippen molar-refractivity contribution in [1.29, 1.82) is 0 Å². The zero-order valence-corrected chi connectivity index (χ0v) is 9.43. The predicted octanol–water partition coefficient (Wildman–Crippen LogP) is 0.543. The van der Waals surface area contributed by atoms with Gasteiger partial charge < -0.3 is 9.84 Å². The van der Waals surface area contributed by atoms with Crippen LogP contribution in [-0.4, -0.2) is 33.5 Å². The molecule has 3 rings (SSSR count). The van der Waals surface area contributed by atoms with Crippen molar-refractivity contribution in [2.45, 2.75) is 37.9 Å². The van der Waals surface area contributed by atoms with Crippen molar-refractivity contribution in [2.24, 2.45) is 0 Å². The maximum Gasteiger partial charge on any atom is 0.320 e. The van der Waals surface area contributed by atoms with Crippen molar-refractivity contribution in [2.75, 3.05) is 6.61 Å². The standard InChI is InChI=1S/C11H15N3O3/c15-11(16)8-3-1-2-7(12-8)9-6-10-14(13-9)4-5-17-10/h6-8,12H,1-5H2,(H,15,16). The summed E-state index contributed by atoms with van der Waals surface area (Å²) in [5.41, 5.74) is 0.894. The number of carboxylic acids is 1. The fourth-order valence-electron chi connectivity index (χ4n) is 2.47. The molecule has 3 heterocycles. The first-order valence-corrected chi connectivity index (χ1v) is 5.93. The van der Waals surface area contributed by atoms with Crippen molar-refractivity contribution in [3.8, 4) is 5.88 Å². The minimum atomic E-state index is -0.780. The van der Waals surface area contributed by atoms with E-state index in [1.165, 1.54) is 0 Å². The first kappa shape index (κ1) is 10.6. The molecular weight excluding hydrogens is 222 g/mol. The third-order valence-electron chi connectivity index (χ3n) is 3.36. The summed E-state index contributed by atoms with van der Waals surface area (Å²) in [5.74, 6) is 0.0111. The second kappa shape index (κ2) is 4.03. The first-order valence-electron chi connectivity index (χ1n) is 5.93. The van der Waals surface area contributed by atoms with Gasteiger partial charge in [-0.3, -0.25) is 10.1 Å². The molecule has 17 heavy (non-hydrogen) atoms. The topological polar surface area (TPSA) is 76.4 Å². The van der Waals surface area contributed by atoms with Crippen molar-refractivity contribution in [3.63, 3.8) is 0 Å². The molecule has 0 bridgehead atoms. The zero-order chi connectivity index (χ0) is 11.8. The minimum absolute atomic E-state index is 0.0338. The van der Waals surface area contributed by atoms with Gasteiger partial charge in [0.05, 0.1) is 18.3 Å². The highest BCUT2D eigenvalue weighted by Gasteiger charge is 2.29. The predicted molar refractivity (Wildman–Crippen MR) is 58.9 cm³/mol. The van der Waals surface area contributed by atoms with E-state index >= 15 is 0 Å². The lowest BCUT2D eigenvalue weighted by Crippen LogP contribution is -2.42. The summed E-state index contributed by atoms with van der Waals surface area (Å²) in [6.45, 7) is 1.46. The van der Waals surface area contributed by atoms with Gasteiger partial charge in [-0.1, -0.05) is 0 Å². The minimum Gasteiger partial charge on any atom is -0.480 e. The lowest BCUT2D eigenvalue weighted by atomic mass is 9.97. The van der Waals surface area contributed by atoms with Gasteiger partial charge in [0.2, 0.25) is 5.88 Å². The van der Waals surface area contributed by atoms with Gasteiger partial charge in [-0.2, -0.15) is 5.10 Å². The van der Waals surface area contributed by atoms with Crippen LogP contribution in [0.4, 0.5) is 0 Å². The van der Waals surface area contributed by atoms with Crippen LogP contribution in [0.5, 0.6) is 5.88 Å². The summed E-state index contributed by atoms with van der Waals surface area (Å²) >= 11 is 0. The van der Waals surface area contributed by atoms with Crippen LogP contribution < -0.4 is 10.1 Å². The zero-order valence-electron chi connectivity index (χ0n) is 9.43. The number of carboxylic acid groups (broad SMARTS) is 1. The molecule has 2 atom stereocenters. The summed E-state index contributed by atoms with van der Waals surface area (Å²) in [7, 11) is 0. The highest BCUT2D eigenvalue weighted by atomic mass is 16.5. The normalized spacial score (nSPS) is 27.5. The van der Waals surface area contributed by atoms with Crippen LogP contribution in [0.3, 0.4) is 0 Å². The van der Waals surface area contributed by atoms with E-state index in [1.54, 1.807) is 0 Å². The van der Waals surface area contributed by atoms with Gasteiger partial charge in [-0.25, -0.2) is 4.68 Å². The van der Waals surface area contributed by atoms with E-state index in [0.29, 0.717) is 13.0 Å². The largest absolute Gasteiger partial charge is 0.480 e. The Labute approximate surface area is 98.6 Å². The van der Waals surface area contributed by atoms with E-state index in [9.17, 15) is 4.79 Å². The molecule has 0 aliphatic carbocycles. The third-order valence-corrected chi connectivity index (χ3v) is 3.36. The van der Waals surface area contributed by atoms with Gasteiger partial charge in [0.1, 0.15) is 12.6 Å². The Morgan fingerprint density at radius 2 is 2.47 bits per heavy atom. The van der Waals surface area contributed by atoms with Crippen LogP contribution in [0.2, 0.25) is 0 Å². The molecule has 92 valence electrons. The van der Waals surface area contributed by atoms with Gasteiger partial charge in [0, 0.05) is 6.07 Å². The Balaban J connectivity index is 1.76. The number of aromatic nitrogens is 2. The average molecular weight is 237 g/mol. The van der Waals surface area contributed by atoms with Crippen LogP contribution in [-0.2, 0) is 11.3 Å². The Morgan fingerprint density at radius 1 is 1.59 bits per heavy atom. The van der Waals surface area contributed by atoms with E-state index in [0.717, 1.165) is 31.0 Å². The third kappa shape index (κ3) is 1.88. The molecule has 0 saturated carbocycles. The van der Waals surface area contributed by atoms with Crippen molar-refractivity contribution in [1.82, 2.24) is 15.1 Å². The molecule has 0 spiro atoms. The molecule has 0 aromatic carbocycles. The highest BCUT2D eigenvalue weighted by molar-refractivity contribution is 5.73. The summed E-state index contributed by atoms with van der Waals surface area (Å²) in [4.78, 5) is 11.0. The molecular formula is C11H15N3O3. The van der Waals surface area contributed by atoms with Crippen molar-refractivity contribution < 1.29 is 14.6 Å². The van der Waals surface area contributed by atoms with Crippen LogP contribution in [0, 0.1) is 0 Å². The number of piperidine rings is 1. The van der Waals surface area contributed by atoms with Gasteiger partial charge in [-0.15, -0.1) is 0 Å². The molecule has 0 amide bonds. The second-order valence-electron chi connectivity index (χ2n) is 4.52. The average Bonchev–Trinajstić information content (AvgIpc) is 2.89. The molecule has 1 aromatic rings. The lowest BCUT2D eigenvalue weighted by molar-refractivity contribution is -0.140. The number of carbonyl (C=O) groups is 1. The van der Waals surface area contributed by atoms with E-state index in [1.807, 2.05) is 10.7 Å². The quantitative estimate of drug-likeness (QED) is 0.785. The maximum atomic E-state index is 11.0. The van der Waals surface area contributed by atoms with Crippen molar-refractivity contribution >= 4 is 5.97 Å². The molecule has 2 unspecified atom stereocenters. The van der Waals surface area contributed by atoms with E-state index in [-0.39, 0.29) is 6.04 Å². The number of hydrogen-bond donors (Lipinski definition) is 2. The summed E-state index contributed by atoms with van der Waals surface area (Å²) in [6, 6.07) is 1.49. The summed E-state index contributed by atoms with van der Waals surface area (Å²) in [6.07, 6.45) is 2.54. The van der Waals surface area contributed by atoms with Gasteiger partial charge in [0.15, 0.2) is 0 Å². The smallest absolute Gasteiger partial charge is 0.320 e. The Hall–Kier alpha value is -1.56. The maximum absolute atomic E-state index is 11.0. The second-order valence-corrected chi connectivity index (χ2v) is 4.52. The number of aliphatic carboxylic acids is 1. The first-order chi connectivity index (χ1) is 8.24. The number of ether oxygens (including phenoxy) is 1. The SMILES string of the molecule is O=C(O)C1CCCC(c2cc3n(n2)CCO3)N1. The molecule has 2 aliphatic heterocycles. The van der Waals surface area contributed by atoms with Crippen LogP contribution >= 0.6 is 0 Å². The molecule has 2 N–H and O–H groups in total.